The van der Waals surface area contributed by atoms with Gasteiger partial charge in [-0.15, -0.1) is 0 Å². The molecule has 0 heterocycles. The third-order valence-corrected chi connectivity index (χ3v) is 3.10. The summed E-state index contributed by atoms with van der Waals surface area (Å²) in [5.41, 5.74) is 0.0501. The van der Waals surface area contributed by atoms with Crippen molar-refractivity contribution in [2.75, 3.05) is 6.61 Å². The number of benzene rings is 1. The maximum absolute atomic E-state index is 11.4. The first-order chi connectivity index (χ1) is 7.65. The Bertz CT molecular complexity index is 366. The lowest BCUT2D eigenvalue weighted by Crippen LogP contribution is -2.45. The highest BCUT2D eigenvalue weighted by Gasteiger charge is 2.47. The molecule has 0 bridgehead atoms. The molecule has 1 aliphatic rings. The van der Waals surface area contributed by atoms with Crippen molar-refractivity contribution < 1.29 is 14.6 Å². The summed E-state index contributed by atoms with van der Waals surface area (Å²) < 4.78 is 4.92. The molecule has 16 heavy (non-hydrogen) atoms. The van der Waals surface area contributed by atoms with E-state index < -0.39 is 5.60 Å². The third-order valence-electron chi connectivity index (χ3n) is 3.10. The van der Waals surface area contributed by atoms with Crippen LogP contribution in [0.2, 0.25) is 0 Å². The molecule has 0 amide bonds. The number of esters is 1. The van der Waals surface area contributed by atoms with Crippen molar-refractivity contribution in [2.45, 2.75) is 25.4 Å². The van der Waals surface area contributed by atoms with Gasteiger partial charge in [-0.05, 0) is 25.3 Å². The highest BCUT2D eigenvalue weighted by molar-refractivity contribution is 5.74. The third kappa shape index (κ3) is 1.95. The molecule has 1 aromatic rings. The maximum atomic E-state index is 11.4. The Morgan fingerprint density at radius 1 is 1.44 bits per heavy atom. The molecule has 0 aliphatic heterocycles. The Labute approximate surface area is 95.0 Å². The minimum Gasteiger partial charge on any atom is -0.466 e. The predicted molar refractivity (Wildman–Crippen MR) is 59.7 cm³/mol. The van der Waals surface area contributed by atoms with Crippen molar-refractivity contribution in [3.05, 3.63) is 35.9 Å². The minimum atomic E-state index is -0.835. The lowest BCUT2D eigenvalue weighted by molar-refractivity contribution is -0.165. The topological polar surface area (TPSA) is 46.5 Å². The summed E-state index contributed by atoms with van der Waals surface area (Å²) >= 11 is 0. The largest absolute Gasteiger partial charge is 0.466 e. The summed E-state index contributed by atoms with van der Waals surface area (Å²) in [5, 5.41) is 10.3. The molecule has 1 saturated carbocycles. The first-order valence-electron chi connectivity index (χ1n) is 5.60. The van der Waals surface area contributed by atoms with Crippen LogP contribution in [-0.2, 0) is 15.1 Å². The SMILES string of the molecule is CCOC(=O)C1CC(O)(c2ccccc2)C1. The molecule has 1 aliphatic carbocycles. The molecule has 1 N–H and O–H groups in total. The highest BCUT2D eigenvalue weighted by Crippen LogP contribution is 2.45. The van der Waals surface area contributed by atoms with E-state index in [2.05, 4.69) is 0 Å². The van der Waals surface area contributed by atoms with E-state index >= 15 is 0 Å². The molecule has 0 aromatic heterocycles. The van der Waals surface area contributed by atoms with Crippen LogP contribution in [0.4, 0.5) is 0 Å². The van der Waals surface area contributed by atoms with E-state index in [1.807, 2.05) is 30.3 Å². The molecule has 86 valence electrons. The quantitative estimate of drug-likeness (QED) is 0.791. The standard InChI is InChI=1S/C13H16O3/c1-2-16-12(14)10-8-13(15,9-10)11-6-4-3-5-7-11/h3-7,10,15H,2,8-9H2,1H3. The molecular weight excluding hydrogens is 204 g/mol. The normalized spacial score (nSPS) is 28.2. The van der Waals surface area contributed by atoms with Crippen LogP contribution in [0.25, 0.3) is 0 Å². The maximum Gasteiger partial charge on any atom is 0.309 e. The van der Waals surface area contributed by atoms with Gasteiger partial charge < -0.3 is 9.84 Å². The Balaban J connectivity index is 1.98. The van der Waals surface area contributed by atoms with Crippen molar-refractivity contribution in [3.8, 4) is 0 Å². The fourth-order valence-electron chi connectivity index (χ4n) is 2.17. The molecular formula is C13H16O3. The molecule has 0 radical (unpaired) electrons. The van der Waals surface area contributed by atoms with Crippen molar-refractivity contribution in [3.63, 3.8) is 0 Å². The number of aliphatic hydroxyl groups is 1. The van der Waals surface area contributed by atoms with Gasteiger partial charge in [-0.2, -0.15) is 0 Å². The monoisotopic (exact) mass is 220 g/mol. The average molecular weight is 220 g/mol. The van der Waals surface area contributed by atoms with Crippen molar-refractivity contribution in [1.82, 2.24) is 0 Å². The van der Waals surface area contributed by atoms with Gasteiger partial charge in [0.15, 0.2) is 0 Å². The van der Waals surface area contributed by atoms with Crippen LogP contribution < -0.4 is 0 Å². The van der Waals surface area contributed by atoms with E-state index in [4.69, 9.17) is 4.74 Å². The van der Waals surface area contributed by atoms with E-state index in [-0.39, 0.29) is 11.9 Å². The van der Waals surface area contributed by atoms with Crippen LogP contribution in [-0.4, -0.2) is 17.7 Å². The fourth-order valence-corrected chi connectivity index (χ4v) is 2.17. The first kappa shape index (κ1) is 11.1. The Kier molecular flexibility index (Phi) is 2.97. The van der Waals surface area contributed by atoms with Crippen LogP contribution in [0.15, 0.2) is 30.3 Å². The van der Waals surface area contributed by atoms with Crippen LogP contribution in [0.1, 0.15) is 25.3 Å². The number of ether oxygens (including phenoxy) is 1. The summed E-state index contributed by atoms with van der Waals surface area (Å²) in [6.45, 7) is 2.19. The molecule has 0 atom stereocenters. The molecule has 1 aromatic carbocycles. The molecule has 0 unspecified atom stereocenters. The Morgan fingerprint density at radius 3 is 2.62 bits per heavy atom. The highest BCUT2D eigenvalue weighted by atomic mass is 16.5. The lowest BCUT2D eigenvalue weighted by Gasteiger charge is -2.42. The summed E-state index contributed by atoms with van der Waals surface area (Å²) in [7, 11) is 0. The van der Waals surface area contributed by atoms with Crippen molar-refractivity contribution in [1.29, 1.82) is 0 Å². The second-order valence-corrected chi connectivity index (χ2v) is 4.25. The zero-order valence-electron chi connectivity index (χ0n) is 9.35. The van der Waals surface area contributed by atoms with Crippen LogP contribution in [0.5, 0.6) is 0 Å². The minimum absolute atomic E-state index is 0.148. The van der Waals surface area contributed by atoms with Gasteiger partial charge in [0.05, 0.1) is 18.1 Å². The number of hydrogen-bond acceptors (Lipinski definition) is 3. The van der Waals surface area contributed by atoms with E-state index in [0.29, 0.717) is 19.4 Å². The molecule has 1 fully saturated rings. The van der Waals surface area contributed by atoms with Crippen LogP contribution >= 0.6 is 0 Å². The molecule has 2 rings (SSSR count). The van der Waals surface area contributed by atoms with Gasteiger partial charge in [0.2, 0.25) is 0 Å². The first-order valence-corrected chi connectivity index (χ1v) is 5.60. The smallest absolute Gasteiger partial charge is 0.309 e. The molecule has 0 saturated heterocycles. The van der Waals surface area contributed by atoms with Gasteiger partial charge in [0.1, 0.15) is 0 Å². The number of hydrogen-bond donors (Lipinski definition) is 1. The van der Waals surface area contributed by atoms with Crippen molar-refractivity contribution >= 4 is 5.97 Å². The van der Waals surface area contributed by atoms with Crippen LogP contribution in [0, 0.1) is 5.92 Å². The van der Waals surface area contributed by atoms with E-state index in [9.17, 15) is 9.90 Å². The van der Waals surface area contributed by atoms with Gasteiger partial charge in [-0.1, -0.05) is 30.3 Å². The van der Waals surface area contributed by atoms with Gasteiger partial charge in [0, 0.05) is 0 Å². The second kappa shape index (κ2) is 4.26. The second-order valence-electron chi connectivity index (χ2n) is 4.25. The lowest BCUT2D eigenvalue weighted by atomic mass is 9.67. The van der Waals surface area contributed by atoms with E-state index in [0.717, 1.165) is 5.56 Å². The van der Waals surface area contributed by atoms with Gasteiger partial charge in [-0.25, -0.2) is 0 Å². The number of carbonyl (C=O) groups is 1. The van der Waals surface area contributed by atoms with Gasteiger partial charge >= 0.3 is 5.97 Å². The molecule has 3 nitrogen and oxygen atoms in total. The fraction of sp³-hybridized carbons (Fsp3) is 0.462. The van der Waals surface area contributed by atoms with Gasteiger partial charge in [-0.3, -0.25) is 4.79 Å². The molecule has 0 spiro atoms. The zero-order valence-corrected chi connectivity index (χ0v) is 9.35. The van der Waals surface area contributed by atoms with E-state index in [1.165, 1.54) is 0 Å². The van der Waals surface area contributed by atoms with E-state index in [1.54, 1.807) is 6.92 Å². The van der Waals surface area contributed by atoms with Crippen molar-refractivity contribution in [2.24, 2.45) is 5.92 Å². The summed E-state index contributed by atoms with van der Waals surface area (Å²) in [6, 6.07) is 9.48. The number of carbonyl (C=O) groups excluding carboxylic acids is 1. The van der Waals surface area contributed by atoms with Crippen LogP contribution in [0.3, 0.4) is 0 Å². The Hall–Kier alpha value is -1.35. The Morgan fingerprint density at radius 2 is 2.06 bits per heavy atom. The summed E-state index contributed by atoms with van der Waals surface area (Å²) in [6.07, 6.45) is 0.936. The number of rotatable bonds is 3. The summed E-state index contributed by atoms with van der Waals surface area (Å²) in [5.74, 6) is -0.340. The zero-order chi connectivity index (χ0) is 11.6. The molecule has 3 heteroatoms. The average Bonchev–Trinajstić information content (AvgIpc) is 2.26. The summed E-state index contributed by atoms with van der Waals surface area (Å²) in [4.78, 5) is 11.4. The van der Waals surface area contributed by atoms with Gasteiger partial charge in [0.25, 0.3) is 0 Å². The predicted octanol–water partition coefficient (Wildman–Crippen LogP) is 1.85.